The second-order valence-corrected chi connectivity index (χ2v) is 3.93. The number of aliphatic hydroxyl groups excluding tert-OH is 1. The summed E-state index contributed by atoms with van der Waals surface area (Å²) in [6.07, 6.45) is 0.432. The normalized spacial score (nSPS) is 19.9. The van der Waals surface area contributed by atoms with Crippen molar-refractivity contribution in [2.45, 2.75) is 6.42 Å². The molecule has 0 atom stereocenters. The van der Waals surface area contributed by atoms with Gasteiger partial charge >= 0.3 is 0 Å². The number of nitrogens with zero attached hydrogens (tertiary/aromatic N) is 2. The number of hydrogen-bond acceptors (Lipinski definition) is 4. The van der Waals surface area contributed by atoms with Crippen LogP contribution in [-0.4, -0.2) is 66.0 Å². The summed E-state index contributed by atoms with van der Waals surface area (Å²) in [6, 6.07) is 0. The number of rotatable bonds is 5. The van der Waals surface area contributed by atoms with E-state index >= 15 is 0 Å². The minimum atomic E-state index is -0.261. The molecule has 1 heterocycles. The fourth-order valence-electron chi connectivity index (χ4n) is 1.62. The standard InChI is InChI=1S/C9H17ClN2O2/c10-9(14)1-2-11-3-5-12(6-4-11)7-8-13/h13H,1-8H2. The molecule has 0 aliphatic carbocycles. The molecule has 0 bridgehead atoms. The average molecular weight is 221 g/mol. The number of hydrogen-bond donors (Lipinski definition) is 1. The highest BCUT2D eigenvalue weighted by molar-refractivity contribution is 6.63. The summed E-state index contributed by atoms with van der Waals surface area (Å²) < 4.78 is 0. The third kappa shape index (κ3) is 4.37. The van der Waals surface area contributed by atoms with Crippen LogP contribution in [0.1, 0.15) is 6.42 Å². The molecule has 4 nitrogen and oxygen atoms in total. The van der Waals surface area contributed by atoms with E-state index in [-0.39, 0.29) is 11.8 Å². The molecule has 0 amide bonds. The summed E-state index contributed by atoms with van der Waals surface area (Å²) in [5.74, 6) is 0. The summed E-state index contributed by atoms with van der Waals surface area (Å²) in [5, 5.41) is 8.48. The van der Waals surface area contributed by atoms with E-state index in [1.807, 2.05) is 0 Å². The van der Waals surface area contributed by atoms with E-state index < -0.39 is 0 Å². The van der Waals surface area contributed by atoms with E-state index in [0.717, 1.165) is 39.3 Å². The molecule has 1 aliphatic heterocycles. The van der Waals surface area contributed by atoms with Gasteiger partial charge in [-0.15, -0.1) is 0 Å². The van der Waals surface area contributed by atoms with Crippen molar-refractivity contribution in [3.8, 4) is 0 Å². The van der Waals surface area contributed by atoms with Gasteiger partial charge in [0, 0.05) is 45.7 Å². The van der Waals surface area contributed by atoms with Crippen molar-refractivity contribution in [1.29, 1.82) is 0 Å². The molecule has 0 aromatic rings. The van der Waals surface area contributed by atoms with Crippen LogP contribution in [0, 0.1) is 0 Å². The summed E-state index contributed by atoms with van der Waals surface area (Å²) in [5.41, 5.74) is 0. The lowest BCUT2D eigenvalue weighted by Crippen LogP contribution is -2.47. The minimum absolute atomic E-state index is 0.222. The second-order valence-electron chi connectivity index (χ2n) is 3.51. The average Bonchev–Trinajstić information content (AvgIpc) is 2.17. The molecule has 0 saturated carbocycles. The van der Waals surface area contributed by atoms with Gasteiger partial charge in [0.2, 0.25) is 5.24 Å². The number of carbonyl (C=O) groups is 1. The molecule has 0 radical (unpaired) electrons. The van der Waals surface area contributed by atoms with Crippen molar-refractivity contribution in [3.05, 3.63) is 0 Å². The fraction of sp³-hybridized carbons (Fsp3) is 0.889. The maximum absolute atomic E-state index is 10.5. The van der Waals surface area contributed by atoms with Crippen molar-refractivity contribution in [3.63, 3.8) is 0 Å². The Morgan fingerprint density at radius 3 is 2.07 bits per heavy atom. The molecule has 0 spiro atoms. The Kier molecular flexibility index (Phi) is 5.40. The molecule has 5 heteroatoms. The van der Waals surface area contributed by atoms with Crippen molar-refractivity contribution < 1.29 is 9.90 Å². The van der Waals surface area contributed by atoms with E-state index in [1.165, 1.54) is 0 Å². The lowest BCUT2D eigenvalue weighted by molar-refractivity contribution is -0.112. The highest BCUT2D eigenvalue weighted by atomic mass is 35.5. The minimum Gasteiger partial charge on any atom is -0.395 e. The lowest BCUT2D eigenvalue weighted by Gasteiger charge is -2.33. The smallest absolute Gasteiger partial charge is 0.222 e. The number of piperazine rings is 1. The third-order valence-corrected chi connectivity index (χ3v) is 2.69. The van der Waals surface area contributed by atoms with Crippen LogP contribution in [0.4, 0.5) is 0 Å². The van der Waals surface area contributed by atoms with Crippen molar-refractivity contribution in [2.75, 3.05) is 45.9 Å². The zero-order valence-corrected chi connectivity index (χ0v) is 9.04. The number of halogens is 1. The van der Waals surface area contributed by atoms with Gasteiger partial charge in [-0.25, -0.2) is 0 Å². The van der Waals surface area contributed by atoms with Crippen molar-refractivity contribution >= 4 is 16.8 Å². The van der Waals surface area contributed by atoms with Gasteiger partial charge in [-0.2, -0.15) is 0 Å². The maximum atomic E-state index is 10.5. The Balaban J connectivity index is 2.12. The number of carbonyl (C=O) groups excluding carboxylic acids is 1. The Morgan fingerprint density at radius 2 is 1.64 bits per heavy atom. The fourth-order valence-corrected chi connectivity index (χ4v) is 1.71. The van der Waals surface area contributed by atoms with Crippen LogP contribution in [0.3, 0.4) is 0 Å². The summed E-state index contributed by atoms with van der Waals surface area (Å²) in [6.45, 7) is 5.60. The first kappa shape index (κ1) is 11.9. The quantitative estimate of drug-likeness (QED) is 0.650. The predicted octanol–water partition coefficient (Wildman–Crippen LogP) is -0.248. The molecule has 1 N–H and O–H groups in total. The van der Waals surface area contributed by atoms with Crippen LogP contribution >= 0.6 is 11.6 Å². The molecular weight excluding hydrogens is 204 g/mol. The molecule has 82 valence electrons. The van der Waals surface area contributed by atoms with Crippen LogP contribution in [0.15, 0.2) is 0 Å². The molecule has 1 aliphatic rings. The van der Waals surface area contributed by atoms with Gasteiger partial charge in [-0.05, 0) is 11.6 Å². The van der Waals surface area contributed by atoms with Gasteiger partial charge in [0.1, 0.15) is 0 Å². The summed E-state index contributed by atoms with van der Waals surface area (Å²) >= 11 is 5.27. The van der Waals surface area contributed by atoms with Crippen LogP contribution in [0.5, 0.6) is 0 Å². The number of β-amino-alcohol motifs (C(OH)–C–C–N with tert-alkyl or cyclic N) is 1. The molecule has 14 heavy (non-hydrogen) atoms. The van der Waals surface area contributed by atoms with E-state index in [1.54, 1.807) is 0 Å². The van der Waals surface area contributed by atoms with Gasteiger partial charge in [0.05, 0.1) is 6.61 Å². The Bertz CT molecular complexity index is 182. The molecular formula is C9H17ClN2O2. The topological polar surface area (TPSA) is 43.8 Å². The zero-order chi connectivity index (χ0) is 10.4. The first-order chi connectivity index (χ1) is 6.72. The Morgan fingerprint density at radius 1 is 1.14 bits per heavy atom. The molecule has 0 aromatic heterocycles. The first-order valence-electron chi connectivity index (χ1n) is 4.96. The SMILES string of the molecule is O=C(Cl)CCN1CCN(CCO)CC1. The Labute approximate surface area is 89.4 Å². The van der Waals surface area contributed by atoms with Gasteiger partial charge in [0.25, 0.3) is 0 Å². The van der Waals surface area contributed by atoms with Crippen molar-refractivity contribution in [2.24, 2.45) is 0 Å². The van der Waals surface area contributed by atoms with E-state index in [4.69, 9.17) is 16.7 Å². The molecule has 1 rings (SSSR count). The second kappa shape index (κ2) is 6.35. The van der Waals surface area contributed by atoms with E-state index in [9.17, 15) is 4.79 Å². The summed E-state index contributed by atoms with van der Waals surface area (Å²) in [4.78, 5) is 15.0. The molecule has 0 aromatic carbocycles. The van der Waals surface area contributed by atoms with E-state index in [2.05, 4.69) is 9.80 Å². The maximum Gasteiger partial charge on any atom is 0.222 e. The molecule has 1 saturated heterocycles. The first-order valence-corrected chi connectivity index (χ1v) is 5.34. The lowest BCUT2D eigenvalue weighted by atomic mass is 10.3. The van der Waals surface area contributed by atoms with Crippen molar-refractivity contribution in [1.82, 2.24) is 9.80 Å². The molecule has 1 fully saturated rings. The Hall–Kier alpha value is -0.160. The van der Waals surface area contributed by atoms with Gasteiger partial charge in [-0.1, -0.05) is 0 Å². The van der Waals surface area contributed by atoms with Gasteiger partial charge < -0.3 is 10.0 Å². The van der Waals surface area contributed by atoms with Gasteiger partial charge in [0.15, 0.2) is 0 Å². The summed E-state index contributed by atoms with van der Waals surface area (Å²) in [7, 11) is 0. The van der Waals surface area contributed by atoms with Crippen LogP contribution < -0.4 is 0 Å². The number of aliphatic hydroxyl groups is 1. The monoisotopic (exact) mass is 220 g/mol. The van der Waals surface area contributed by atoms with Crippen LogP contribution in [-0.2, 0) is 4.79 Å². The predicted molar refractivity (Wildman–Crippen MR) is 55.4 cm³/mol. The van der Waals surface area contributed by atoms with E-state index in [0.29, 0.717) is 6.42 Å². The third-order valence-electron chi connectivity index (χ3n) is 2.51. The molecule has 0 unspecified atom stereocenters. The highest BCUT2D eigenvalue weighted by Gasteiger charge is 2.16. The van der Waals surface area contributed by atoms with Gasteiger partial charge in [-0.3, -0.25) is 9.69 Å². The van der Waals surface area contributed by atoms with Crippen LogP contribution in [0.25, 0.3) is 0 Å². The highest BCUT2D eigenvalue weighted by Crippen LogP contribution is 2.02. The van der Waals surface area contributed by atoms with Crippen LogP contribution in [0.2, 0.25) is 0 Å². The zero-order valence-electron chi connectivity index (χ0n) is 8.28. The largest absolute Gasteiger partial charge is 0.395 e.